The number of non-ortho nitro benzene ring substituents is 1. The van der Waals surface area contributed by atoms with E-state index in [-0.39, 0.29) is 22.8 Å². The maximum Gasteiger partial charge on any atom is 0.296 e. The molecule has 2 aromatic carbocycles. The van der Waals surface area contributed by atoms with E-state index in [4.69, 9.17) is 4.42 Å². The van der Waals surface area contributed by atoms with Gasteiger partial charge in [0.2, 0.25) is 4.96 Å². The lowest BCUT2D eigenvalue weighted by Crippen LogP contribution is -2.28. The van der Waals surface area contributed by atoms with E-state index < -0.39 is 16.0 Å². The van der Waals surface area contributed by atoms with Crippen LogP contribution in [0.1, 0.15) is 17.0 Å². The predicted octanol–water partition coefficient (Wildman–Crippen LogP) is 2.82. The molecule has 0 unspecified atom stereocenters. The fraction of sp³-hybridized carbons (Fsp3) is 0.0435. The van der Waals surface area contributed by atoms with Crippen LogP contribution in [-0.4, -0.2) is 19.5 Å². The molecule has 162 valence electrons. The lowest BCUT2D eigenvalue weighted by Gasteiger charge is -1.99. The van der Waals surface area contributed by atoms with Gasteiger partial charge in [0, 0.05) is 30.2 Å². The molecule has 0 radical (unpaired) electrons. The van der Waals surface area contributed by atoms with Crippen LogP contribution in [0.5, 0.6) is 0 Å². The summed E-state index contributed by atoms with van der Waals surface area (Å²) in [4.78, 5) is 40.0. The Morgan fingerprint density at radius 1 is 1.06 bits per heavy atom. The van der Waals surface area contributed by atoms with Gasteiger partial charge in [-0.3, -0.25) is 19.7 Å². The number of benzene rings is 2. The molecule has 0 saturated carbocycles. The first-order chi connectivity index (χ1) is 16.0. The Morgan fingerprint density at radius 3 is 2.67 bits per heavy atom. The van der Waals surface area contributed by atoms with E-state index in [1.165, 1.54) is 18.2 Å². The first-order valence-electron chi connectivity index (χ1n) is 9.81. The van der Waals surface area contributed by atoms with Crippen LogP contribution in [0, 0.1) is 10.1 Å². The van der Waals surface area contributed by atoms with Crippen LogP contribution in [0.15, 0.2) is 80.7 Å². The van der Waals surface area contributed by atoms with Crippen LogP contribution in [0.25, 0.3) is 22.4 Å². The van der Waals surface area contributed by atoms with Crippen molar-refractivity contribution in [2.75, 3.05) is 0 Å². The topological polar surface area (TPSA) is 121 Å². The molecule has 0 aliphatic heterocycles. The summed E-state index contributed by atoms with van der Waals surface area (Å²) < 4.78 is 7.19. The molecule has 0 fully saturated rings. The number of hydrogen-bond acceptors (Lipinski definition) is 8. The van der Waals surface area contributed by atoms with Crippen molar-refractivity contribution in [2.45, 2.75) is 6.42 Å². The lowest BCUT2D eigenvalue weighted by molar-refractivity contribution is -0.384. The Hall–Kier alpha value is -4.44. The van der Waals surface area contributed by atoms with Crippen molar-refractivity contribution >= 4 is 28.1 Å². The minimum Gasteiger partial charge on any atom is -0.457 e. The molecule has 0 N–H and O–H groups in total. The van der Waals surface area contributed by atoms with E-state index in [9.17, 15) is 19.7 Å². The number of nitro groups is 1. The monoisotopic (exact) mass is 458 g/mol. The van der Waals surface area contributed by atoms with Crippen molar-refractivity contribution < 1.29 is 9.34 Å². The van der Waals surface area contributed by atoms with E-state index >= 15 is 0 Å². The minimum atomic E-state index is -0.478. The summed E-state index contributed by atoms with van der Waals surface area (Å²) in [6, 6.07) is 18.7. The van der Waals surface area contributed by atoms with Gasteiger partial charge in [-0.1, -0.05) is 53.8 Å². The van der Waals surface area contributed by atoms with Crippen LogP contribution in [0.2, 0.25) is 0 Å². The summed E-state index contributed by atoms with van der Waals surface area (Å²) >= 11 is 1.03. The number of thiazole rings is 1. The van der Waals surface area contributed by atoms with Gasteiger partial charge in [-0.05, 0) is 17.7 Å². The SMILES string of the molecule is O=c1nc2sc(=Cc3ccc(-c4cccc([N+](=O)[O-])c4)o3)c(=O)n2nc1Cc1ccccc1. The zero-order valence-corrected chi connectivity index (χ0v) is 17.7. The van der Waals surface area contributed by atoms with Gasteiger partial charge in [-0.15, -0.1) is 0 Å². The van der Waals surface area contributed by atoms with Crippen LogP contribution in [0.4, 0.5) is 5.69 Å². The third kappa shape index (κ3) is 4.06. The number of nitro benzene ring substituents is 1. The first kappa shape index (κ1) is 20.5. The Balaban J connectivity index is 1.52. The van der Waals surface area contributed by atoms with Crippen molar-refractivity contribution in [2.24, 2.45) is 0 Å². The van der Waals surface area contributed by atoms with Crippen molar-refractivity contribution in [3.63, 3.8) is 0 Å². The quantitative estimate of drug-likeness (QED) is 0.293. The molecule has 9 nitrogen and oxygen atoms in total. The van der Waals surface area contributed by atoms with E-state index in [0.717, 1.165) is 21.4 Å². The summed E-state index contributed by atoms with van der Waals surface area (Å²) in [5.74, 6) is 0.807. The highest BCUT2D eigenvalue weighted by Crippen LogP contribution is 2.26. The molecule has 0 saturated heterocycles. The van der Waals surface area contributed by atoms with E-state index in [0.29, 0.717) is 21.6 Å². The molecule has 5 aromatic rings. The molecule has 0 atom stereocenters. The fourth-order valence-corrected chi connectivity index (χ4v) is 4.21. The molecule has 0 amide bonds. The summed E-state index contributed by atoms with van der Waals surface area (Å²) in [7, 11) is 0. The van der Waals surface area contributed by atoms with Crippen LogP contribution in [0.3, 0.4) is 0 Å². The largest absolute Gasteiger partial charge is 0.457 e. The number of furan rings is 1. The number of nitrogens with zero attached hydrogens (tertiary/aromatic N) is 4. The summed E-state index contributed by atoms with van der Waals surface area (Å²) in [5, 5.41) is 15.2. The van der Waals surface area contributed by atoms with Crippen molar-refractivity contribution in [3.8, 4) is 11.3 Å². The van der Waals surface area contributed by atoms with Gasteiger partial charge in [0.1, 0.15) is 21.7 Å². The second-order valence-electron chi connectivity index (χ2n) is 7.15. The molecule has 3 heterocycles. The first-order valence-corrected chi connectivity index (χ1v) is 10.6. The van der Waals surface area contributed by atoms with Crippen LogP contribution in [-0.2, 0) is 6.42 Å². The number of hydrogen-bond donors (Lipinski definition) is 0. The minimum absolute atomic E-state index is 0.0472. The maximum atomic E-state index is 12.9. The molecular weight excluding hydrogens is 444 g/mol. The van der Waals surface area contributed by atoms with Gasteiger partial charge < -0.3 is 4.42 Å². The average Bonchev–Trinajstić information content (AvgIpc) is 3.40. The standard InChI is InChI=1S/C23H14N4O5S/c28-21-18(11-14-5-2-1-3-6-14)25-26-22(29)20(33-23(26)24-21)13-17-9-10-19(32-17)15-7-4-8-16(12-15)27(30)31/h1-10,12-13H,11H2. The van der Waals surface area contributed by atoms with E-state index in [1.807, 2.05) is 30.3 Å². The summed E-state index contributed by atoms with van der Waals surface area (Å²) in [6.07, 6.45) is 1.81. The normalized spacial score (nSPS) is 11.8. The highest BCUT2D eigenvalue weighted by molar-refractivity contribution is 7.15. The second-order valence-corrected chi connectivity index (χ2v) is 8.15. The van der Waals surface area contributed by atoms with Gasteiger partial charge in [-0.2, -0.15) is 14.6 Å². The Morgan fingerprint density at radius 2 is 1.88 bits per heavy atom. The maximum absolute atomic E-state index is 12.9. The lowest BCUT2D eigenvalue weighted by atomic mass is 10.1. The molecule has 0 aliphatic carbocycles. The number of aromatic nitrogens is 3. The zero-order chi connectivity index (χ0) is 22.9. The van der Waals surface area contributed by atoms with E-state index in [1.54, 1.807) is 24.3 Å². The Bertz CT molecular complexity index is 1670. The molecular formula is C23H14N4O5S. The molecule has 5 rings (SSSR count). The fourth-order valence-electron chi connectivity index (χ4n) is 3.33. The Kier molecular flexibility index (Phi) is 5.11. The predicted molar refractivity (Wildman–Crippen MR) is 122 cm³/mol. The average molecular weight is 458 g/mol. The summed E-state index contributed by atoms with van der Waals surface area (Å²) in [5.41, 5.74) is 0.687. The zero-order valence-electron chi connectivity index (χ0n) is 16.9. The highest BCUT2D eigenvalue weighted by Gasteiger charge is 2.13. The highest BCUT2D eigenvalue weighted by atomic mass is 32.1. The van der Waals surface area contributed by atoms with Gasteiger partial charge in [0.05, 0.1) is 4.92 Å². The van der Waals surface area contributed by atoms with Gasteiger partial charge in [0.25, 0.3) is 16.8 Å². The van der Waals surface area contributed by atoms with Crippen LogP contribution < -0.4 is 15.7 Å². The molecule has 3 aromatic heterocycles. The van der Waals surface area contributed by atoms with Crippen molar-refractivity contribution in [1.29, 1.82) is 0 Å². The van der Waals surface area contributed by atoms with Crippen LogP contribution >= 0.6 is 11.3 Å². The van der Waals surface area contributed by atoms with Gasteiger partial charge in [0.15, 0.2) is 0 Å². The molecule has 0 bridgehead atoms. The smallest absolute Gasteiger partial charge is 0.296 e. The number of rotatable bonds is 5. The third-order valence-corrected chi connectivity index (χ3v) is 5.87. The molecule has 33 heavy (non-hydrogen) atoms. The second kappa shape index (κ2) is 8.24. The molecule has 10 heteroatoms. The molecule has 0 aliphatic rings. The third-order valence-electron chi connectivity index (χ3n) is 4.91. The van der Waals surface area contributed by atoms with Crippen molar-refractivity contribution in [3.05, 3.63) is 119 Å². The van der Waals surface area contributed by atoms with Gasteiger partial charge in [-0.25, -0.2) is 0 Å². The number of fused-ring (bicyclic) bond motifs is 1. The molecule has 0 spiro atoms. The Labute approximate surface area is 189 Å². The van der Waals surface area contributed by atoms with Gasteiger partial charge >= 0.3 is 0 Å². The van der Waals surface area contributed by atoms with Crippen molar-refractivity contribution in [1.82, 2.24) is 14.6 Å². The summed E-state index contributed by atoms with van der Waals surface area (Å²) in [6.45, 7) is 0. The van der Waals surface area contributed by atoms with E-state index in [2.05, 4.69) is 10.1 Å².